The number of nitrogens with zero attached hydrogens (tertiary/aromatic N) is 1. The van der Waals surface area contributed by atoms with Gasteiger partial charge in [0.05, 0.1) is 5.75 Å². The zero-order valence-electron chi connectivity index (χ0n) is 11.8. The highest BCUT2D eigenvalue weighted by atomic mass is 32.2. The minimum Gasteiger partial charge on any atom is -0.315 e. The second-order valence-corrected chi connectivity index (χ2v) is 6.91. The van der Waals surface area contributed by atoms with Crippen molar-refractivity contribution in [3.05, 3.63) is 23.8 Å². The van der Waals surface area contributed by atoms with E-state index < -0.39 is 10.0 Å². The molecule has 0 unspecified atom stereocenters. The predicted octanol–water partition coefficient (Wildman–Crippen LogP) is 2.14. The first-order chi connectivity index (χ1) is 9.43. The Labute approximate surface area is 120 Å². The molecule has 1 aromatic rings. The smallest absolute Gasteiger partial charge is 0.232 e. The fourth-order valence-corrected chi connectivity index (χ4v) is 3.54. The molecule has 0 atom stereocenters. The SMILES string of the molecule is CCCCS(=O)(=O)Nc1ccc2c(c1)CCC(=O)N2C. The third-order valence-corrected chi connectivity index (χ3v) is 4.84. The number of benzene rings is 1. The van der Waals surface area contributed by atoms with Gasteiger partial charge in [0.15, 0.2) is 0 Å². The molecule has 1 amide bonds. The Balaban J connectivity index is 2.18. The zero-order chi connectivity index (χ0) is 14.8. The first-order valence-electron chi connectivity index (χ1n) is 6.83. The van der Waals surface area contributed by atoms with Crippen molar-refractivity contribution in [2.75, 3.05) is 22.4 Å². The molecule has 5 nitrogen and oxygen atoms in total. The van der Waals surface area contributed by atoms with E-state index in [2.05, 4.69) is 4.72 Å². The van der Waals surface area contributed by atoms with Crippen molar-refractivity contribution >= 4 is 27.3 Å². The summed E-state index contributed by atoms with van der Waals surface area (Å²) in [7, 11) is -1.54. The van der Waals surface area contributed by atoms with E-state index in [1.807, 2.05) is 13.0 Å². The van der Waals surface area contributed by atoms with Gasteiger partial charge in [-0.3, -0.25) is 9.52 Å². The molecule has 20 heavy (non-hydrogen) atoms. The number of aryl methyl sites for hydroxylation is 1. The summed E-state index contributed by atoms with van der Waals surface area (Å²) in [5.41, 5.74) is 2.43. The van der Waals surface area contributed by atoms with Crippen LogP contribution in [0.5, 0.6) is 0 Å². The Morgan fingerprint density at radius 1 is 1.30 bits per heavy atom. The summed E-state index contributed by atoms with van der Waals surface area (Å²) in [6.45, 7) is 1.96. The maximum Gasteiger partial charge on any atom is 0.232 e. The number of nitrogens with one attached hydrogen (secondary N) is 1. The lowest BCUT2D eigenvalue weighted by atomic mass is 10.0. The molecule has 1 aromatic carbocycles. The predicted molar refractivity (Wildman–Crippen MR) is 80.5 cm³/mol. The number of sulfonamides is 1. The maximum atomic E-state index is 11.9. The van der Waals surface area contributed by atoms with Crippen molar-refractivity contribution in [3.8, 4) is 0 Å². The molecule has 0 radical (unpaired) electrons. The molecule has 1 aliphatic heterocycles. The molecule has 0 saturated carbocycles. The fraction of sp³-hybridized carbons (Fsp3) is 0.500. The topological polar surface area (TPSA) is 66.5 Å². The van der Waals surface area contributed by atoms with Gasteiger partial charge in [0.1, 0.15) is 0 Å². The van der Waals surface area contributed by atoms with E-state index in [1.165, 1.54) is 0 Å². The molecule has 2 rings (SSSR count). The van der Waals surface area contributed by atoms with Gasteiger partial charge >= 0.3 is 0 Å². The fourth-order valence-electron chi connectivity index (χ4n) is 2.29. The quantitative estimate of drug-likeness (QED) is 0.905. The lowest BCUT2D eigenvalue weighted by Gasteiger charge is -2.26. The Morgan fingerprint density at radius 2 is 2.05 bits per heavy atom. The number of carbonyl (C=O) groups excluding carboxylic acids is 1. The van der Waals surface area contributed by atoms with Gasteiger partial charge in [-0.25, -0.2) is 8.42 Å². The van der Waals surface area contributed by atoms with E-state index in [0.717, 1.165) is 17.7 Å². The Morgan fingerprint density at radius 3 is 2.75 bits per heavy atom. The molecule has 0 bridgehead atoms. The molecule has 1 aliphatic rings. The lowest BCUT2D eigenvalue weighted by molar-refractivity contribution is -0.118. The van der Waals surface area contributed by atoms with Gasteiger partial charge in [0.25, 0.3) is 0 Å². The highest BCUT2D eigenvalue weighted by Gasteiger charge is 2.21. The molecule has 0 aromatic heterocycles. The number of fused-ring (bicyclic) bond motifs is 1. The summed E-state index contributed by atoms with van der Waals surface area (Å²) in [5.74, 6) is 0.229. The monoisotopic (exact) mass is 296 g/mol. The van der Waals surface area contributed by atoms with Crippen LogP contribution in [0.1, 0.15) is 31.7 Å². The average molecular weight is 296 g/mol. The average Bonchev–Trinajstić information content (AvgIpc) is 2.40. The van der Waals surface area contributed by atoms with Crippen molar-refractivity contribution in [3.63, 3.8) is 0 Å². The van der Waals surface area contributed by atoms with Crippen LogP contribution in [0.4, 0.5) is 11.4 Å². The van der Waals surface area contributed by atoms with E-state index in [4.69, 9.17) is 0 Å². The molecule has 6 heteroatoms. The van der Waals surface area contributed by atoms with Crippen LogP contribution in [-0.2, 0) is 21.2 Å². The third kappa shape index (κ3) is 3.30. The number of hydrogen-bond acceptors (Lipinski definition) is 3. The van der Waals surface area contributed by atoms with Crippen LogP contribution in [0.3, 0.4) is 0 Å². The molecule has 1 N–H and O–H groups in total. The zero-order valence-corrected chi connectivity index (χ0v) is 12.7. The lowest BCUT2D eigenvalue weighted by Crippen LogP contribution is -2.31. The number of amides is 1. The second-order valence-electron chi connectivity index (χ2n) is 5.07. The molecular weight excluding hydrogens is 276 g/mol. The molecule has 0 spiro atoms. The van der Waals surface area contributed by atoms with Crippen LogP contribution in [-0.4, -0.2) is 27.1 Å². The summed E-state index contributed by atoms with van der Waals surface area (Å²) in [6, 6.07) is 5.32. The maximum absolute atomic E-state index is 11.9. The second kappa shape index (κ2) is 5.83. The molecule has 0 aliphatic carbocycles. The molecule has 0 fully saturated rings. The van der Waals surface area contributed by atoms with Crippen molar-refractivity contribution < 1.29 is 13.2 Å². The normalized spacial score (nSPS) is 15.1. The van der Waals surface area contributed by atoms with Crippen molar-refractivity contribution in [1.29, 1.82) is 0 Å². The van der Waals surface area contributed by atoms with Gasteiger partial charge in [-0.2, -0.15) is 0 Å². The van der Waals surface area contributed by atoms with Crippen molar-refractivity contribution in [2.24, 2.45) is 0 Å². The summed E-state index contributed by atoms with van der Waals surface area (Å²) in [5, 5.41) is 0. The molecular formula is C14H20N2O3S. The number of carbonyl (C=O) groups is 1. The summed E-state index contributed by atoms with van der Waals surface area (Å²) in [4.78, 5) is 13.2. The van der Waals surface area contributed by atoms with Gasteiger partial charge in [-0.15, -0.1) is 0 Å². The first kappa shape index (κ1) is 14.8. The van der Waals surface area contributed by atoms with Crippen LogP contribution < -0.4 is 9.62 Å². The standard InChI is InChI=1S/C14H20N2O3S/c1-3-4-9-20(18,19)15-12-6-7-13-11(10-12)5-8-14(17)16(13)2/h6-7,10,15H,3-5,8-9H2,1-2H3. The largest absolute Gasteiger partial charge is 0.315 e. The van der Waals surface area contributed by atoms with Crippen LogP contribution in [0.25, 0.3) is 0 Å². The summed E-state index contributed by atoms with van der Waals surface area (Å²) < 4.78 is 26.3. The number of hydrogen-bond donors (Lipinski definition) is 1. The highest BCUT2D eigenvalue weighted by molar-refractivity contribution is 7.92. The molecule has 110 valence electrons. The Kier molecular flexibility index (Phi) is 4.32. The van der Waals surface area contributed by atoms with Gasteiger partial charge in [0, 0.05) is 24.8 Å². The number of rotatable bonds is 5. The van der Waals surface area contributed by atoms with E-state index >= 15 is 0 Å². The van der Waals surface area contributed by atoms with Crippen molar-refractivity contribution in [2.45, 2.75) is 32.6 Å². The summed E-state index contributed by atoms with van der Waals surface area (Å²) in [6.07, 6.45) is 2.62. The highest BCUT2D eigenvalue weighted by Crippen LogP contribution is 2.29. The Hall–Kier alpha value is -1.56. The van der Waals surface area contributed by atoms with Gasteiger partial charge < -0.3 is 4.90 Å². The van der Waals surface area contributed by atoms with Crippen LogP contribution in [0.2, 0.25) is 0 Å². The minimum atomic E-state index is -3.28. The van der Waals surface area contributed by atoms with E-state index in [-0.39, 0.29) is 11.7 Å². The number of unbranched alkanes of at least 4 members (excludes halogenated alkanes) is 1. The molecule has 0 saturated heterocycles. The van der Waals surface area contributed by atoms with Crippen LogP contribution in [0.15, 0.2) is 18.2 Å². The third-order valence-electron chi connectivity index (χ3n) is 3.46. The van der Waals surface area contributed by atoms with Gasteiger partial charge in [-0.1, -0.05) is 13.3 Å². The summed E-state index contributed by atoms with van der Waals surface area (Å²) >= 11 is 0. The van der Waals surface area contributed by atoms with Crippen LogP contribution >= 0.6 is 0 Å². The first-order valence-corrected chi connectivity index (χ1v) is 8.48. The van der Waals surface area contributed by atoms with Crippen molar-refractivity contribution in [1.82, 2.24) is 0 Å². The van der Waals surface area contributed by atoms with E-state index in [0.29, 0.717) is 24.9 Å². The number of anilines is 2. The van der Waals surface area contributed by atoms with Gasteiger partial charge in [0.2, 0.25) is 15.9 Å². The molecule has 1 heterocycles. The minimum absolute atomic E-state index is 0.0915. The van der Waals surface area contributed by atoms with Crippen LogP contribution in [0, 0.1) is 0 Å². The van der Waals surface area contributed by atoms with E-state index in [9.17, 15) is 13.2 Å². The van der Waals surface area contributed by atoms with E-state index in [1.54, 1.807) is 24.1 Å². The van der Waals surface area contributed by atoms with Gasteiger partial charge in [-0.05, 0) is 36.6 Å². The Bertz CT molecular complexity index is 611.